The van der Waals surface area contributed by atoms with E-state index in [1.807, 2.05) is 12.1 Å². The van der Waals surface area contributed by atoms with Crippen LogP contribution in [0.4, 0.5) is 0 Å². The normalized spacial score (nSPS) is 14.7. The topological polar surface area (TPSA) is 77.0 Å². The van der Waals surface area contributed by atoms with Crippen LogP contribution in [0.15, 0.2) is 46.3 Å². The third kappa shape index (κ3) is 5.53. The average Bonchev–Trinajstić information content (AvgIpc) is 2.99. The molecule has 1 N–H and O–H groups in total. The van der Waals surface area contributed by atoms with Gasteiger partial charge in [-0.15, -0.1) is 0 Å². The maximum atomic E-state index is 12.0. The Hall–Kier alpha value is -2.48. The van der Waals surface area contributed by atoms with Gasteiger partial charge in [-0.25, -0.2) is 0 Å². The summed E-state index contributed by atoms with van der Waals surface area (Å²) in [7, 11) is 1.51. The highest BCUT2D eigenvalue weighted by atomic mass is 35.5. The number of nitrogens with zero attached hydrogens (tertiary/aromatic N) is 1. The molecule has 2 aromatic rings. The van der Waals surface area contributed by atoms with E-state index in [0.29, 0.717) is 32.0 Å². The zero-order chi connectivity index (χ0) is 21.0. The Morgan fingerprint density at radius 3 is 2.62 bits per heavy atom. The van der Waals surface area contributed by atoms with Crippen molar-refractivity contribution in [2.24, 2.45) is 4.99 Å². The van der Waals surface area contributed by atoms with Crippen molar-refractivity contribution in [3.63, 3.8) is 0 Å². The Labute approximate surface area is 181 Å². The lowest BCUT2D eigenvalue weighted by Gasteiger charge is -2.13. The number of hydrogen-bond acceptors (Lipinski definition) is 5. The summed E-state index contributed by atoms with van der Waals surface area (Å²) in [6, 6.07) is 10.6. The minimum absolute atomic E-state index is 0.245. The number of carbonyl (C=O) groups is 2. The molecule has 0 bridgehead atoms. The van der Waals surface area contributed by atoms with E-state index < -0.39 is 5.91 Å². The SMILES string of the molecule is COc1cc(/C=C2/SC(NC(C)=O)=NC2=O)cc(Cl)c1OCc1ccc(Cl)cc1. The molecule has 6 nitrogen and oxygen atoms in total. The van der Waals surface area contributed by atoms with Gasteiger partial charge in [-0.3, -0.25) is 9.59 Å². The van der Waals surface area contributed by atoms with Gasteiger partial charge in [-0.05, 0) is 53.2 Å². The Morgan fingerprint density at radius 1 is 1.24 bits per heavy atom. The fourth-order valence-electron chi connectivity index (χ4n) is 2.46. The van der Waals surface area contributed by atoms with Crippen LogP contribution in [-0.2, 0) is 16.2 Å². The van der Waals surface area contributed by atoms with Crippen LogP contribution in [0.2, 0.25) is 10.0 Å². The number of benzene rings is 2. The first-order valence-electron chi connectivity index (χ1n) is 8.40. The standard InChI is InChI=1S/C20H16Cl2N2O4S/c1-11(25)23-20-24-19(26)17(29-20)9-13-7-15(22)18(16(8-13)27-2)28-10-12-3-5-14(21)6-4-12/h3-9H,10H2,1-2H3,(H,23,24,25,26)/b17-9+. The van der Waals surface area contributed by atoms with Crippen molar-refractivity contribution in [2.75, 3.05) is 7.11 Å². The van der Waals surface area contributed by atoms with E-state index in [2.05, 4.69) is 10.3 Å². The van der Waals surface area contributed by atoms with Crippen molar-refractivity contribution in [1.29, 1.82) is 0 Å². The Balaban J connectivity index is 1.79. The summed E-state index contributed by atoms with van der Waals surface area (Å²) in [4.78, 5) is 27.3. The Morgan fingerprint density at radius 2 is 1.97 bits per heavy atom. The van der Waals surface area contributed by atoms with Crippen molar-refractivity contribution >= 4 is 58.0 Å². The fourth-order valence-corrected chi connectivity index (χ4v) is 3.72. The summed E-state index contributed by atoms with van der Waals surface area (Å²) >= 11 is 13.4. The quantitative estimate of drug-likeness (QED) is 0.668. The summed E-state index contributed by atoms with van der Waals surface area (Å²) in [5, 5.41) is 3.73. The molecule has 2 aromatic carbocycles. The van der Waals surface area contributed by atoms with Gasteiger partial charge in [0.05, 0.1) is 17.0 Å². The second-order valence-corrected chi connectivity index (χ2v) is 7.84. The van der Waals surface area contributed by atoms with E-state index >= 15 is 0 Å². The Bertz CT molecular complexity index is 1020. The number of methoxy groups -OCH3 is 1. The van der Waals surface area contributed by atoms with Crippen LogP contribution in [0, 0.1) is 0 Å². The molecule has 0 aliphatic carbocycles. The summed E-state index contributed by atoms with van der Waals surface area (Å²) in [6.07, 6.45) is 1.63. The molecule has 0 radical (unpaired) electrons. The van der Waals surface area contributed by atoms with Crippen molar-refractivity contribution in [1.82, 2.24) is 5.32 Å². The average molecular weight is 451 g/mol. The molecule has 150 valence electrons. The second kappa shape index (κ2) is 9.35. The van der Waals surface area contributed by atoms with Crippen molar-refractivity contribution in [3.8, 4) is 11.5 Å². The van der Waals surface area contributed by atoms with E-state index in [9.17, 15) is 9.59 Å². The Kier molecular flexibility index (Phi) is 6.84. The van der Waals surface area contributed by atoms with E-state index in [4.69, 9.17) is 32.7 Å². The van der Waals surface area contributed by atoms with Crippen LogP contribution in [0.3, 0.4) is 0 Å². The van der Waals surface area contributed by atoms with Gasteiger partial charge in [-0.1, -0.05) is 35.3 Å². The van der Waals surface area contributed by atoms with Crippen LogP contribution in [0.1, 0.15) is 18.1 Å². The van der Waals surface area contributed by atoms with Crippen molar-refractivity contribution < 1.29 is 19.1 Å². The number of amides is 2. The summed E-state index contributed by atoms with van der Waals surface area (Å²) in [5.41, 5.74) is 1.56. The highest BCUT2D eigenvalue weighted by Gasteiger charge is 2.23. The maximum absolute atomic E-state index is 12.0. The molecule has 1 heterocycles. The first kappa shape index (κ1) is 21.2. The van der Waals surface area contributed by atoms with Gasteiger partial charge >= 0.3 is 0 Å². The molecule has 0 unspecified atom stereocenters. The number of aliphatic imine (C=N–C) groups is 1. The molecular weight excluding hydrogens is 435 g/mol. The summed E-state index contributed by atoms with van der Waals surface area (Å²) in [5.74, 6) is 0.0951. The minimum atomic E-state index is -0.433. The van der Waals surface area contributed by atoms with Crippen molar-refractivity contribution in [3.05, 3.63) is 62.5 Å². The molecule has 0 aromatic heterocycles. The van der Waals surface area contributed by atoms with Gasteiger partial charge in [0, 0.05) is 11.9 Å². The van der Waals surface area contributed by atoms with E-state index in [-0.39, 0.29) is 17.7 Å². The van der Waals surface area contributed by atoms with Crippen LogP contribution >= 0.6 is 35.0 Å². The van der Waals surface area contributed by atoms with E-state index in [0.717, 1.165) is 17.3 Å². The maximum Gasteiger partial charge on any atom is 0.286 e. The van der Waals surface area contributed by atoms with Crippen LogP contribution in [0.5, 0.6) is 11.5 Å². The van der Waals surface area contributed by atoms with Gasteiger partial charge in [0.25, 0.3) is 5.91 Å². The van der Waals surface area contributed by atoms with Gasteiger partial charge in [-0.2, -0.15) is 4.99 Å². The molecule has 1 aliphatic heterocycles. The fraction of sp³-hybridized carbons (Fsp3) is 0.150. The molecule has 9 heteroatoms. The molecule has 0 atom stereocenters. The van der Waals surface area contributed by atoms with Gasteiger partial charge in [0.2, 0.25) is 5.91 Å². The lowest BCUT2D eigenvalue weighted by molar-refractivity contribution is -0.117. The molecule has 2 amide bonds. The molecule has 1 aliphatic rings. The van der Waals surface area contributed by atoms with Crippen LogP contribution < -0.4 is 14.8 Å². The second-order valence-electron chi connectivity index (χ2n) is 5.96. The monoisotopic (exact) mass is 450 g/mol. The number of carbonyl (C=O) groups excluding carboxylic acids is 2. The van der Waals surface area contributed by atoms with Crippen molar-refractivity contribution in [2.45, 2.75) is 13.5 Å². The zero-order valence-electron chi connectivity index (χ0n) is 15.5. The van der Waals surface area contributed by atoms with Crippen LogP contribution in [0.25, 0.3) is 6.08 Å². The molecule has 0 saturated carbocycles. The molecule has 0 fully saturated rings. The highest BCUT2D eigenvalue weighted by Crippen LogP contribution is 2.38. The zero-order valence-corrected chi connectivity index (χ0v) is 17.8. The summed E-state index contributed by atoms with van der Waals surface area (Å²) in [6.45, 7) is 1.64. The molecule has 0 spiro atoms. The number of amidine groups is 1. The number of hydrogen-bond donors (Lipinski definition) is 1. The summed E-state index contributed by atoms with van der Waals surface area (Å²) < 4.78 is 11.2. The third-order valence-corrected chi connectivity index (χ3v) is 5.18. The van der Waals surface area contributed by atoms with Gasteiger partial charge in [0.15, 0.2) is 16.7 Å². The van der Waals surface area contributed by atoms with E-state index in [1.165, 1.54) is 14.0 Å². The van der Waals surface area contributed by atoms with E-state index in [1.54, 1.807) is 30.3 Å². The number of ether oxygens (including phenoxy) is 2. The smallest absolute Gasteiger partial charge is 0.286 e. The predicted octanol–water partition coefficient (Wildman–Crippen LogP) is 4.69. The number of halogens is 2. The number of nitrogens with one attached hydrogen (secondary N) is 1. The first-order valence-corrected chi connectivity index (χ1v) is 9.98. The number of rotatable bonds is 5. The van der Waals surface area contributed by atoms with Crippen LogP contribution in [-0.4, -0.2) is 24.1 Å². The molecule has 3 rings (SSSR count). The largest absolute Gasteiger partial charge is 0.493 e. The third-order valence-electron chi connectivity index (χ3n) is 3.75. The highest BCUT2D eigenvalue weighted by molar-refractivity contribution is 8.18. The minimum Gasteiger partial charge on any atom is -0.493 e. The molecular formula is C20H16Cl2N2O4S. The molecule has 29 heavy (non-hydrogen) atoms. The predicted molar refractivity (Wildman–Crippen MR) is 116 cm³/mol. The van der Waals surface area contributed by atoms with Gasteiger partial charge < -0.3 is 14.8 Å². The first-order chi connectivity index (χ1) is 13.9. The molecule has 0 saturated heterocycles. The van der Waals surface area contributed by atoms with Gasteiger partial charge in [0.1, 0.15) is 6.61 Å². The lowest BCUT2D eigenvalue weighted by Crippen LogP contribution is -2.23. The number of thioether (sulfide) groups is 1. The lowest BCUT2D eigenvalue weighted by atomic mass is 10.1.